The molecule has 1 aromatic carbocycles. The predicted octanol–water partition coefficient (Wildman–Crippen LogP) is 5.32. The van der Waals surface area contributed by atoms with E-state index in [0.29, 0.717) is 34.0 Å². The lowest BCUT2D eigenvalue weighted by molar-refractivity contribution is 0.102. The van der Waals surface area contributed by atoms with Gasteiger partial charge in [-0.2, -0.15) is 5.10 Å². The predicted molar refractivity (Wildman–Crippen MR) is 146 cm³/mol. The lowest BCUT2D eigenvalue weighted by Gasteiger charge is -2.28. The number of hydrogen-bond donors (Lipinski definition) is 2. The Labute approximate surface area is 219 Å². The molecule has 6 rings (SSSR count). The number of nitrogens with one attached hydrogen (secondary N) is 2. The molecule has 2 N–H and O–H groups in total. The topological polar surface area (TPSA) is 96.7 Å². The van der Waals surface area contributed by atoms with Crippen LogP contribution in [0.2, 0.25) is 0 Å². The Balaban J connectivity index is 1.30. The third kappa shape index (κ3) is 4.24. The molecule has 0 atom stereocenters. The number of carbonyl (C=O) groups is 1. The van der Waals surface area contributed by atoms with Crippen molar-refractivity contribution in [3.8, 4) is 11.1 Å². The number of aromatic amines is 1. The van der Waals surface area contributed by atoms with Gasteiger partial charge in [0.25, 0.3) is 5.91 Å². The number of piperidine rings is 1. The zero-order chi connectivity index (χ0) is 26.6. The Morgan fingerprint density at radius 3 is 2.74 bits per heavy atom. The number of fused-ring (bicyclic) bond motifs is 2. The maximum Gasteiger partial charge on any atom is 0.257 e. The summed E-state index contributed by atoms with van der Waals surface area (Å²) in [5, 5.41) is 8.17. The summed E-state index contributed by atoms with van der Waals surface area (Å²) in [5.74, 6) is 0.118. The number of amides is 1. The number of aromatic nitrogens is 6. The number of H-pyrrole nitrogens is 1. The summed E-state index contributed by atoms with van der Waals surface area (Å²) in [5.41, 5.74) is 4.25. The quantitative estimate of drug-likeness (QED) is 0.331. The van der Waals surface area contributed by atoms with Gasteiger partial charge < -0.3 is 19.8 Å². The van der Waals surface area contributed by atoms with Crippen LogP contribution in [0.3, 0.4) is 0 Å². The van der Waals surface area contributed by atoms with E-state index in [0.717, 1.165) is 48.2 Å². The Morgan fingerprint density at radius 2 is 1.97 bits per heavy atom. The normalized spacial score (nSPS) is 15.2. The highest BCUT2D eigenvalue weighted by Gasteiger charge is 2.21. The van der Waals surface area contributed by atoms with Crippen molar-refractivity contribution in [3.05, 3.63) is 60.2 Å². The minimum Gasteiger partial charge on any atom is -0.346 e. The van der Waals surface area contributed by atoms with Crippen molar-refractivity contribution < 1.29 is 9.18 Å². The van der Waals surface area contributed by atoms with E-state index in [1.54, 1.807) is 24.7 Å². The van der Waals surface area contributed by atoms with Gasteiger partial charge in [0.2, 0.25) is 0 Å². The number of pyridine rings is 1. The molecule has 1 aliphatic rings. The number of imidazole rings is 1. The molecule has 0 spiro atoms. The number of benzene rings is 1. The van der Waals surface area contributed by atoms with Crippen molar-refractivity contribution in [2.24, 2.45) is 0 Å². The maximum absolute atomic E-state index is 15.1. The SMILES string of the molecule is Cc1nc2c(F)cc(-c3c[nH]c4ncc(C(=O)Nc5cnn(C6CCN(C)CC6)c5)cc34)cc2n1C(C)C. The van der Waals surface area contributed by atoms with Crippen LogP contribution >= 0.6 is 0 Å². The van der Waals surface area contributed by atoms with Gasteiger partial charge in [-0.05, 0) is 77.5 Å². The zero-order valence-electron chi connectivity index (χ0n) is 22.0. The number of hydrogen-bond acceptors (Lipinski definition) is 5. The molecule has 5 heterocycles. The van der Waals surface area contributed by atoms with Crippen LogP contribution in [0, 0.1) is 12.7 Å². The van der Waals surface area contributed by atoms with Crippen LogP contribution in [0.4, 0.5) is 10.1 Å². The van der Waals surface area contributed by atoms with Crippen LogP contribution in [0.15, 0.2) is 43.0 Å². The molecule has 4 aromatic heterocycles. The molecule has 0 bridgehead atoms. The molecule has 1 aliphatic heterocycles. The third-order valence-corrected chi connectivity index (χ3v) is 7.47. The van der Waals surface area contributed by atoms with Crippen molar-refractivity contribution in [1.82, 2.24) is 34.2 Å². The minimum absolute atomic E-state index is 0.137. The van der Waals surface area contributed by atoms with Crippen molar-refractivity contribution in [1.29, 1.82) is 0 Å². The van der Waals surface area contributed by atoms with Gasteiger partial charge in [-0.3, -0.25) is 9.48 Å². The van der Waals surface area contributed by atoms with Crippen molar-refractivity contribution in [2.45, 2.75) is 45.7 Å². The van der Waals surface area contributed by atoms with E-state index in [9.17, 15) is 4.79 Å². The molecule has 0 aliphatic carbocycles. The van der Waals surface area contributed by atoms with Gasteiger partial charge in [-0.25, -0.2) is 14.4 Å². The van der Waals surface area contributed by atoms with E-state index in [1.807, 2.05) is 28.4 Å². The van der Waals surface area contributed by atoms with E-state index in [-0.39, 0.29) is 17.8 Å². The average molecular weight is 515 g/mol. The van der Waals surface area contributed by atoms with Crippen molar-refractivity contribution in [2.75, 3.05) is 25.5 Å². The Bertz CT molecular complexity index is 1650. The molecule has 196 valence electrons. The van der Waals surface area contributed by atoms with E-state index >= 15 is 4.39 Å². The minimum atomic E-state index is -0.377. The number of carbonyl (C=O) groups excluding carboxylic acids is 1. The Hall–Kier alpha value is -4.05. The maximum atomic E-state index is 15.1. The molecule has 1 amide bonds. The van der Waals surface area contributed by atoms with Gasteiger partial charge in [0.15, 0.2) is 5.82 Å². The molecule has 1 fully saturated rings. The van der Waals surface area contributed by atoms with Gasteiger partial charge in [0.1, 0.15) is 17.0 Å². The fourth-order valence-corrected chi connectivity index (χ4v) is 5.51. The molecule has 0 radical (unpaired) electrons. The summed E-state index contributed by atoms with van der Waals surface area (Å²) < 4.78 is 19.1. The fraction of sp³-hybridized carbons (Fsp3) is 0.357. The van der Waals surface area contributed by atoms with E-state index in [4.69, 9.17) is 0 Å². The summed E-state index contributed by atoms with van der Waals surface area (Å²) in [4.78, 5) is 27.5. The van der Waals surface area contributed by atoms with Gasteiger partial charge >= 0.3 is 0 Å². The molecule has 5 aromatic rings. The molecule has 0 saturated carbocycles. The standard InChI is InChI=1S/C28H31FN8O/c1-16(2)37-17(3)33-26-24(29)10-18(11-25(26)37)23-14-31-27-22(23)9-19(12-30-27)28(38)34-20-13-32-36(15-20)21-5-7-35(4)8-6-21/h9-16,21H,5-8H2,1-4H3,(H,30,31)(H,34,38). The van der Waals surface area contributed by atoms with Gasteiger partial charge in [-0.15, -0.1) is 0 Å². The number of halogens is 1. The van der Waals surface area contributed by atoms with Crippen molar-refractivity contribution >= 4 is 33.7 Å². The van der Waals surface area contributed by atoms with Crippen LogP contribution < -0.4 is 5.32 Å². The van der Waals surface area contributed by atoms with E-state index in [1.165, 1.54) is 6.07 Å². The first kappa shape index (κ1) is 24.3. The lowest BCUT2D eigenvalue weighted by Crippen LogP contribution is -2.31. The Morgan fingerprint density at radius 1 is 1.18 bits per heavy atom. The van der Waals surface area contributed by atoms with Crippen molar-refractivity contribution in [3.63, 3.8) is 0 Å². The molecule has 9 nitrogen and oxygen atoms in total. The summed E-state index contributed by atoms with van der Waals surface area (Å²) in [6, 6.07) is 5.71. The van der Waals surface area contributed by atoms with E-state index < -0.39 is 0 Å². The Kier molecular flexibility index (Phi) is 5.98. The number of anilines is 1. The van der Waals surface area contributed by atoms with Crippen LogP contribution in [-0.2, 0) is 0 Å². The average Bonchev–Trinajstić information content (AvgIpc) is 3.60. The first-order valence-electron chi connectivity index (χ1n) is 13.0. The van der Waals surface area contributed by atoms with Gasteiger partial charge in [-0.1, -0.05) is 0 Å². The highest BCUT2D eigenvalue weighted by Crippen LogP contribution is 2.33. The van der Waals surface area contributed by atoms with Gasteiger partial charge in [0, 0.05) is 35.6 Å². The number of rotatable bonds is 5. The number of nitrogens with zero attached hydrogens (tertiary/aromatic N) is 6. The summed E-state index contributed by atoms with van der Waals surface area (Å²) in [6.45, 7) is 8.06. The smallest absolute Gasteiger partial charge is 0.257 e. The zero-order valence-corrected chi connectivity index (χ0v) is 22.0. The van der Waals surface area contributed by atoms with E-state index in [2.05, 4.69) is 51.2 Å². The first-order valence-corrected chi connectivity index (χ1v) is 13.0. The highest BCUT2D eigenvalue weighted by atomic mass is 19.1. The van der Waals surface area contributed by atoms with Crippen LogP contribution in [0.25, 0.3) is 33.2 Å². The third-order valence-electron chi connectivity index (χ3n) is 7.47. The van der Waals surface area contributed by atoms with Crippen LogP contribution in [0.5, 0.6) is 0 Å². The first-order chi connectivity index (χ1) is 18.3. The molecule has 1 saturated heterocycles. The van der Waals surface area contributed by atoms with Crippen LogP contribution in [-0.4, -0.2) is 60.2 Å². The highest BCUT2D eigenvalue weighted by molar-refractivity contribution is 6.07. The second kappa shape index (κ2) is 9.36. The second-order valence-electron chi connectivity index (χ2n) is 10.5. The van der Waals surface area contributed by atoms with Crippen LogP contribution in [0.1, 0.15) is 55.0 Å². The summed E-state index contributed by atoms with van der Waals surface area (Å²) in [6.07, 6.45) is 8.98. The summed E-state index contributed by atoms with van der Waals surface area (Å²) in [7, 11) is 2.13. The number of aryl methyl sites for hydroxylation is 1. The largest absolute Gasteiger partial charge is 0.346 e. The van der Waals surface area contributed by atoms with Gasteiger partial charge in [0.05, 0.1) is 29.0 Å². The second-order valence-corrected chi connectivity index (χ2v) is 10.5. The molecule has 38 heavy (non-hydrogen) atoms. The number of likely N-dealkylation sites (tertiary alicyclic amines) is 1. The fourth-order valence-electron chi connectivity index (χ4n) is 5.51. The molecular formula is C28H31FN8O. The summed E-state index contributed by atoms with van der Waals surface area (Å²) >= 11 is 0. The lowest BCUT2D eigenvalue weighted by atomic mass is 10.0. The molecule has 0 unspecified atom stereocenters. The molecule has 10 heteroatoms. The monoisotopic (exact) mass is 514 g/mol. The molecular weight excluding hydrogens is 483 g/mol.